The predicted octanol–water partition coefficient (Wildman–Crippen LogP) is 2.07. The lowest BCUT2D eigenvalue weighted by Gasteiger charge is -2.17. The SMILES string of the molecule is CC(C)c1ccc(Nc2cc3c(cn2)CCNC3)cc1.N[SH](=O)=O. The van der Waals surface area contributed by atoms with Crippen molar-refractivity contribution < 1.29 is 8.42 Å². The number of hydrogen-bond acceptors (Lipinski definition) is 5. The number of rotatable bonds is 3. The number of aromatic nitrogens is 1. The Morgan fingerprint density at radius 3 is 2.50 bits per heavy atom. The minimum absolute atomic E-state index is 0.567. The van der Waals surface area contributed by atoms with Gasteiger partial charge in [0.2, 0.25) is 0 Å². The molecule has 0 fully saturated rings. The normalized spacial score (nSPS) is 13.2. The minimum atomic E-state index is -2.62. The van der Waals surface area contributed by atoms with Crippen LogP contribution in [0.2, 0.25) is 0 Å². The molecule has 130 valence electrons. The van der Waals surface area contributed by atoms with Gasteiger partial charge < -0.3 is 10.6 Å². The van der Waals surface area contributed by atoms with Crippen LogP contribution in [0.3, 0.4) is 0 Å². The van der Waals surface area contributed by atoms with Crippen LogP contribution in [0.5, 0.6) is 0 Å². The fourth-order valence-electron chi connectivity index (χ4n) is 2.53. The highest BCUT2D eigenvalue weighted by atomic mass is 32.2. The lowest BCUT2D eigenvalue weighted by atomic mass is 10.0. The van der Waals surface area contributed by atoms with E-state index in [1.807, 2.05) is 6.20 Å². The third kappa shape index (κ3) is 5.59. The van der Waals surface area contributed by atoms with Crippen LogP contribution in [-0.4, -0.2) is 19.9 Å². The Bertz CT molecular complexity index is 735. The summed E-state index contributed by atoms with van der Waals surface area (Å²) in [6.07, 6.45) is 3.08. The topological polar surface area (TPSA) is 97.1 Å². The van der Waals surface area contributed by atoms with Crippen LogP contribution in [0.1, 0.15) is 36.5 Å². The molecule has 0 saturated heterocycles. The quantitative estimate of drug-likeness (QED) is 0.637. The molecule has 0 spiro atoms. The average molecular weight is 348 g/mol. The van der Waals surface area contributed by atoms with E-state index in [0.29, 0.717) is 5.92 Å². The van der Waals surface area contributed by atoms with Gasteiger partial charge in [0, 0.05) is 18.4 Å². The van der Waals surface area contributed by atoms with Crippen LogP contribution in [0.4, 0.5) is 11.5 Å². The van der Waals surface area contributed by atoms with Gasteiger partial charge in [0.05, 0.1) is 0 Å². The van der Waals surface area contributed by atoms with E-state index in [1.165, 1.54) is 16.7 Å². The predicted molar refractivity (Wildman–Crippen MR) is 98.0 cm³/mol. The highest BCUT2D eigenvalue weighted by Crippen LogP contribution is 2.22. The summed E-state index contributed by atoms with van der Waals surface area (Å²) in [6.45, 7) is 6.41. The molecule has 2 aromatic rings. The fourth-order valence-corrected chi connectivity index (χ4v) is 2.53. The maximum atomic E-state index is 8.81. The molecule has 7 heteroatoms. The summed E-state index contributed by atoms with van der Waals surface area (Å²) in [7, 11) is -2.62. The Morgan fingerprint density at radius 1 is 1.21 bits per heavy atom. The molecule has 0 unspecified atom stereocenters. The molecule has 24 heavy (non-hydrogen) atoms. The maximum Gasteiger partial charge on any atom is 0.198 e. The van der Waals surface area contributed by atoms with Crippen molar-refractivity contribution in [3.05, 3.63) is 53.2 Å². The molecule has 1 aromatic carbocycles. The lowest BCUT2D eigenvalue weighted by Crippen LogP contribution is -2.23. The number of benzene rings is 1. The average Bonchev–Trinajstić information content (AvgIpc) is 2.55. The second-order valence-electron chi connectivity index (χ2n) is 5.95. The Kier molecular flexibility index (Phi) is 6.72. The van der Waals surface area contributed by atoms with Gasteiger partial charge in [-0.2, -0.15) is 0 Å². The maximum absolute atomic E-state index is 8.81. The van der Waals surface area contributed by atoms with Crippen molar-refractivity contribution in [3.63, 3.8) is 0 Å². The number of nitrogens with two attached hydrogens (primary N) is 1. The second-order valence-corrected chi connectivity index (χ2v) is 6.52. The summed E-state index contributed by atoms with van der Waals surface area (Å²) in [4.78, 5) is 4.51. The van der Waals surface area contributed by atoms with E-state index in [0.717, 1.165) is 31.0 Å². The molecule has 0 saturated carbocycles. The molecule has 0 atom stereocenters. The lowest BCUT2D eigenvalue weighted by molar-refractivity contribution is 0.616. The molecule has 0 aliphatic carbocycles. The van der Waals surface area contributed by atoms with Gasteiger partial charge in [0.15, 0.2) is 10.9 Å². The van der Waals surface area contributed by atoms with E-state index in [4.69, 9.17) is 8.42 Å². The summed E-state index contributed by atoms with van der Waals surface area (Å²) in [5.41, 5.74) is 5.17. The molecule has 0 radical (unpaired) electrons. The Balaban J connectivity index is 0.000000471. The summed E-state index contributed by atoms with van der Waals surface area (Å²) in [5, 5.41) is 10.8. The van der Waals surface area contributed by atoms with Crippen molar-refractivity contribution in [1.29, 1.82) is 0 Å². The third-order valence-corrected chi connectivity index (χ3v) is 3.82. The van der Waals surface area contributed by atoms with E-state index in [9.17, 15) is 0 Å². The van der Waals surface area contributed by atoms with Gasteiger partial charge in [0.25, 0.3) is 0 Å². The zero-order chi connectivity index (χ0) is 17.5. The van der Waals surface area contributed by atoms with Crippen molar-refractivity contribution in [3.8, 4) is 0 Å². The van der Waals surface area contributed by atoms with Crippen molar-refractivity contribution in [1.82, 2.24) is 10.3 Å². The Morgan fingerprint density at radius 2 is 1.88 bits per heavy atom. The second kappa shape index (κ2) is 8.77. The van der Waals surface area contributed by atoms with E-state index in [1.54, 1.807) is 0 Å². The van der Waals surface area contributed by atoms with Gasteiger partial charge in [0.1, 0.15) is 5.82 Å². The summed E-state index contributed by atoms with van der Waals surface area (Å²) in [6, 6.07) is 10.7. The summed E-state index contributed by atoms with van der Waals surface area (Å²) < 4.78 is 17.6. The summed E-state index contributed by atoms with van der Waals surface area (Å²) >= 11 is 0. The first-order valence-electron chi connectivity index (χ1n) is 7.90. The molecule has 1 aliphatic heterocycles. The zero-order valence-corrected chi connectivity index (χ0v) is 14.8. The highest BCUT2D eigenvalue weighted by Gasteiger charge is 2.09. The zero-order valence-electron chi connectivity index (χ0n) is 14.0. The van der Waals surface area contributed by atoms with Crippen LogP contribution in [-0.2, 0) is 23.9 Å². The van der Waals surface area contributed by atoms with Gasteiger partial charge >= 0.3 is 0 Å². The van der Waals surface area contributed by atoms with Crippen LogP contribution < -0.4 is 15.8 Å². The molecular formula is C17H24N4O2S. The van der Waals surface area contributed by atoms with Crippen LogP contribution in [0.25, 0.3) is 0 Å². The minimum Gasteiger partial charge on any atom is -0.340 e. The molecule has 3 rings (SSSR count). The van der Waals surface area contributed by atoms with E-state index < -0.39 is 10.9 Å². The number of nitrogens with one attached hydrogen (secondary N) is 2. The number of fused-ring (bicyclic) bond motifs is 1. The van der Waals surface area contributed by atoms with Gasteiger partial charge in [-0.25, -0.2) is 18.5 Å². The number of hydrogen-bond donors (Lipinski definition) is 4. The Labute approximate surface area is 144 Å². The number of nitrogens with zero attached hydrogens (tertiary/aromatic N) is 1. The Hall–Kier alpha value is -1.96. The molecule has 1 aliphatic rings. The van der Waals surface area contributed by atoms with Crippen LogP contribution in [0.15, 0.2) is 36.5 Å². The van der Waals surface area contributed by atoms with Crippen molar-refractivity contribution >= 4 is 22.4 Å². The van der Waals surface area contributed by atoms with Gasteiger partial charge in [-0.05, 0) is 53.8 Å². The molecule has 0 amide bonds. The first kappa shape index (κ1) is 18.4. The first-order chi connectivity index (χ1) is 11.5. The van der Waals surface area contributed by atoms with Crippen molar-refractivity contribution in [2.24, 2.45) is 5.14 Å². The third-order valence-electron chi connectivity index (χ3n) is 3.82. The molecule has 1 aromatic heterocycles. The molecule has 2 heterocycles. The van der Waals surface area contributed by atoms with E-state index in [-0.39, 0.29) is 0 Å². The first-order valence-corrected chi connectivity index (χ1v) is 9.15. The molecule has 0 bridgehead atoms. The van der Waals surface area contributed by atoms with E-state index in [2.05, 4.69) is 64.9 Å². The van der Waals surface area contributed by atoms with Gasteiger partial charge in [-0.3, -0.25) is 0 Å². The van der Waals surface area contributed by atoms with E-state index >= 15 is 0 Å². The summed E-state index contributed by atoms with van der Waals surface area (Å²) in [5.74, 6) is 1.49. The molecule has 6 nitrogen and oxygen atoms in total. The van der Waals surface area contributed by atoms with Gasteiger partial charge in [-0.1, -0.05) is 26.0 Å². The van der Waals surface area contributed by atoms with Crippen LogP contribution >= 0.6 is 0 Å². The molecule has 4 N–H and O–H groups in total. The highest BCUT2D eigenvalue weighted by molar-refractivity contribution is 7.69. The van der Waals surface area contributed by atoms with Gasteiger partial charge in [-0.15, -0.1) is 0 Å². The molecular weight excluding hydrogens is 324 g/mol. The van der Waals surface area contributed by atoms with Crippen LogP contribution in [0, 0.1) is 0 Å². The number of pyridine rings is 1. The number of anilines is 2. The van der Waals surface area contributed by atoms with Crippen molar-refractivity contribution in [2.75, 3.05) is 11.9 Å². The standard InChI is InChI=1S/C17H21N3.H3NO2S/c1-12(2)13-3-5-16(6-4-13)20-17-9-15-10-18-8-7-14(15)11-19-17;1-4(2)3/h3-6,9,11-12,18H,7-8,10H2,1-2H3,(H,19,20);4H,(H2,1,2,3). The fraction of sp³-hybridized carbons (Fsp3) is 0.353. The largest absolute Gasteiger partial charge is 0.340 e. The smallest absolute Gasteiger partial charge is 0.198 e. The van der Waals surface area contributed by atoms with Crippen molar-refractivity contribution in [2.45, 2.75) is 32.7 Å². The monoisotopic (exact) mass is 348 g/mol. The number of thiol groups is 1.